The second-order valence-corrected chi connectivity index (χ2v) is 2.29. The van der Waals surface area contributed by atoms with E-state index in [4.69, 9.17) is 5.73 Å². The number of carbonyl (C=O) groups is 2. The van der Waals surface area contributed by atoms with Crippen molar-refractivity contribution < 1.29 is 14.0 Å². The maximum Gasteiger partial charge on any atom is 0.291 e. The summed E-state index contributed by atoms with van der Waals surface area (Å²) in [6.45, 7) is 0.253. The number of carbonyl (C=O) groups excluding carboxylic acids is 2. The maximum absolute atomic E-state index is 12.5. The molecule has 1 aliphatic heterocycles. The minimum Gasteiger partial charge on any atom is -0.330 e. The highest BCUT2D eigenvalue weighted by Gasteiger charge is 2.30. The van der Waals surface area contributed by atoms with Gasteiger partial charge in [0.2, 0.25) is 0 Å². The van der Waals surface area contributed by atoms with E-state index in [0.717, 1.165) is 0 Å². The molecule has 0 bridgehead atoms. The molecule has 1 aliphatic rings. The van der Waals surface area contributed by atoms with Crippen LogP contribution in [0.3, 0.4) is 0 Å². The van der Waals surface area contributed by atoms with Crippen LogP contribution in [0.25, 0.3) is 0 Å². The zero-order valence-corrected chi connectivity index (χ0v) is 6.21. The van der Waals surface area contributed by atoms with Gasteiger partial charge in [0.15, 0.2) is 0 Å². The Labute approximate surface area is 67.8 Å². The lowest BCUT2D eigenvalue weighted by Crippen LogP contribution is -2.45. The molecule has 0 fully saturated rings. The van der Waals surface area contributed by atoms with Crippen molar-refractivity contribution in [3.05, 3.63) is 0 Å². The standard InChI is InChI=1S/C6H8FN3O2/c7-4-5(11)9-3(1-2-8)10-6(4)12/h4H,1-2,8H2,(H,9,10,11,12). The van der Waals surface area contributed by atoms with E-state index in [1.165, 1.54) is 0 Å². The molecule has 0 aromatic carbocycles. The predicted molar refractivity (Wildman–Crippen MR) is 39.2 cm³/mol. The molecule has 0 radical (unpaired) electrons. The van der Waals surface area contributed by atoms with Crippen LogP contribution in [0.4, 0.5) is 4.39 Å². The molecule has 5 nitrogen and oxygen atoms in total. The van der Waals surface area contributed by atoms with Gasteiger partial charge in [-0.05, 0) is 6.54 Å². The van der Waals surface area contributed by atoms with Crippen molar-refractivity contribution in [1.82, 2.24) is 5.32 Å². The lowest BCUT2D eigenvalue weighted by molar-refractivity contribution is -0.134. The first-order valence-corrected chi connectivity index (χ1v) is 3.41. The molecule has 3 N–H and O–H groups in total. The summed E-state index contributed by atoms with van der Waals surface area (Å²) >= 11 is 0. The highest BCUT2D eigenvalue weighted by Crippen LogP contribution is 2.01. The van der Waals surface area contributed by atoms with Crippen LogP contribution >= 0.6 is 0 Å². The minimum absolute atomic E-state index is 0.140. The summed E-state index contributed by atoms with van der Waals surface area (Å²) in [4.78, 5) is 24.6. The van der Waals surface area contributed by atoms with Crippen molar-refractivity contribution >= 4 is 17.6 Å². The van der Waals surface area contributed by atoms with Crippen molar-refractivity contribution in [2.45, 2.75) is 12.6 Å². The number of nitrogens with one attached hydrogen (secondary N) is 1. The normalized spacial score (nSPS) is 23.5. The number of nitrogens with two attached hydrogens (primary N) is 1. The first-order chi connectivity index (χ1) is 5.65. The molecule has 1 heterocycles. The Morgan fingerprint density at radius 2 is 2.25 bits per heavy atom. The fourth-order valence-electron chi connectivity index (χ4n) is 0.790. The smallest absolute Gasteiger partial charge is 0.291 e. The summed E-state index contributed by atoms with van der Waals surface area (Å²) in [5.41, 5.74) is 5.15. The molecule has 0 spiro atoms. The van der Waals surface area contributed by atoms with Crippen LogP contribution < -0.4 is 11.1 Å². The molecule has 1 rings (SSSR count). The lowest BCUT2D eigenvalue weighted by atomic mass is 10.2. The van der Waals surface area contributed by atoms with E-state index in [9.17, 15) is 14.0 Å². The molecule has 0 saturated carbocycles. The molecule has 1 atom stereocenters. The summed E-state index contributed by atoms with van der Waals surface area (Å²) in [6, 6.07) is 0. The van der Waals surface area contributed by atoms with E-state index < -0.39 is 18.0 Å². The fourth-order valence-corrected chi connectivity index (χ4v) is 0.790. The third-order valence-electron chi connectivity index (χ3n) is 1.34. The van der Waals surface area contributed by atoms with Gasteiger partial charge in [0.1, 0.15) is 5.84 Å². The number of alkyl halides is 1. The summed E-state index contributed by atoms with van der Waals surface area (Å²) in [7, 11) is 0. The van der Waals surface area contributed by atoms with Crippen LogP contribution in [0.5, 0.6) is 0 Å². The van der Waals surface area contributed by atoms with Gasteiger partial charge in [-0.3, -0.25) is 9.59 Å². The Morgan fingerprint density at radius 3 is 2.75 bits per heavy atom. The topological polar surface area (TPSA) is 84.5 Å². The average Bonchev–Trinajstić information content (AvgIpc) is 2.01. The number of hydrogen-bond donors (Lipinski definition) is 2. The molecule has 1 unspecified atom stereocenters. The van der Waals surface area contributed by atoms with Crippen molar-refractivity contribution in [2.24, 2.45) is 10.7 Å². The van der Waals surface area contributed by atoms with Crippen LogP contribution in [0.2, 0.25) is 0 Å². The fraction of sp³-hybridized carbons (Fsp3) is 0.500. The monoisotopic (exact) mass is 173 g/mol. The minimum atomic E-state index is -2.16. The number of amides is 2. The molecule has 0 aromatic heterocycles. The van der Waals surface area contributed by atoms with Crippen molar-refractivity contribution in [1.29, 1.82) is 0 Å². The SMILES string of the molecule is NCCC1=NC(=O)C(F)C(=O)N1. The molecule has 12 heavy (non-hydrogen) atoms. The van der Waals surface area contributed by atoms with Crippen molar-refractivity contribution in [2.75, 3.05) is 6.54 Å². The number of amidine groups is 1. The Kier molecular flexibility index (Phi) is 2.49. The zero-order valence-electron chi connectivity index (χ0n) is 6.21. The van der Waals surface area contributed by atoms with E-state index in [-0.39, 0.29) is 18.8 Å². The summed E-state index contributed by atoms with van der Waals surface area (Å²) in [5.74, 6) is -1.87. The van der Waals surface area contributed by atoms with Crippen LogP contribution in [0, 0.1) is 0 Å². The third-order valence-corrected chi connectivity index (χ3v) is 1.34. The van der Waals surface area contributed by atoms with Crippen molar-refractivity contribution in [3.8, 4) is 0 Å². The first-order valence-electron chi connectivity index (χ1n) is 3.41. The first kappa shape index (κ1) is 8.79. The van der Waals surface area contributed by atoms with Crippen molar-refractivity contribution in [3.63, 3.8) is 0 Å². The van der Waals surface area contributed by atoms with Gasteiger partial charge in [0.25, 0.3) is 18.0 Å². The number of hydrogen-bond acceptors (Lipinski definition) is 3. The largest absolute Gasteiger partial charge is 0.330 e. The Hall–Kier alpha value is -1.30. The second kappa shape index (κ2) is 3.40. The van der Waals surface area contributed by atoms with E-state index in [1.54, 1.807) is 0 Å². The number of aliphatic imine (C=N–C) groups is 1. The number of halogens is 1. The molecule has 66 valence electrons. The van der Waals surface area contributed by atoms with Crippen LogP contribution in [0.15, 0.2) is 4.99 Å². The van der Waals surface area contributed by atoms with Gasteiger partial charge < -0.3 is 11.1 Å². The van der Waals surface area contributed by atoms with E-state index in [0.29, 0.717) is 0 Å². The molecular weight excluding hydrogens is 165 g/mol. The second-order valence-electron chi connectivity index (χ2n) is 2.29. The number of rotatable bonds is 2. The van der Waals surface area contributed by atoms with Gasteiger partial charge >= 0.3 is 0 Å². The van der Waals surface area contributed by atoms with Crippen LogP contribution in [-0.4, -0.2) is 30.4 Å². The predicted octanol–water partition coefficient (Wildman–Crippen LogP) is -1.27. The van der Waals surface area contributed by atoms with Crippen LogP contribution in [0.1, 0.15) is 6.42 Å². The highest BCUT2D eigenvalue weighted by molar-refractivity contribution is 6.17. The van der Waals surface area contributed by atoms with E-state index >= 15 is 0 Å². The average molecular weight is 173 g/mol. The number of nitrogens with zero attached hydrogens (tertiary/aromatic N) is 1. The van der Waals surface area contributed by atoms with Gasteiger partial charge in [-0.1, -0.05) is 0 Å². The van der Waals surface area contributed by atoms with Gasteiger partial charge in [0, 0.05) is 6.42 Å². The lowest BCUT2D eigenvalue weighted by Gasteiger charge is -2.13. The third kappa shape index (κ3) is 1.65. The molecule has 2 amide bonds. The summed E-state index contributed by atoms with van der Waals surface area (Å²) in [6.07, 6.45) is -1.89. The van der Waals surface area contributed by atoms with Gasteiger partial charge in [0.05, 0.1) is 0 Å². The highest BCUT2D eigenvalue weighted by atomic mass is 19.1. The summed E-state index contributed by atoms with van der Waals surface area (Å²) in [5, 5.41) is 2.13. The van der Waals surface area contributed by atoms with Gasteiger partial charge in [-0.2, -0.15) is 4.99 Å². The molecule has 0 aromatic rings. The molecule has 0 saturated heterocycles. The molecular formula is C6H8FN3O2. The van der Waals surface area contributed by atoms with Gasteiger partial charge in [-0.15, -0.1) is 0 Å². The van der Waals surface area contributed by atoms with E-state index in [1.807, 2.05) is 0 Å². The molecule has 0 aliphatic carbocycles. The molecule has 6 heteroatoms. The summed E-state index contributed by atoms with van der Waals surface area (Å²) < 4.78 is 12.5. The zero-order chi connectivity index (χ0) is 9.14. The Bertz CT molecular complexity index is 251. The Morgan fingerprint density at radius 1 is 1.58 bits per heavy atom. The maximum atomic E-state index is 12.5. The quantitative estimate of drug-likeness (QED) is 0.510. The Balaban J connectivity index is 2.74. The van der Waals surface area contributed by atoms with Crippen LogP contribution in [-0.2, 0) is 9.59 Å². The van der Waals surface area contributed by atoms with Gasteiger partial charge in [-0.25, -0.2) is 4.39 Å². The van der Waals surface area contributed by atoms with E-state index in [2.05, 4.69) is 10.3 Å².